The molecule has 16 heavy (non-hydrogen) atoms. The predicted molar refractivity (Wildman–Crippen MR) is 65.5 cm³/mol. The normalized spacial score (nSPS) is 25.3. The number of hydrogen-bond acceptors (Lipinski definition) is 4. The molecule has 1 aromatic carbocycles. The molecule has 2 rings (SSSR count). The van der Waals surface area contributed by atoms with E-state index in [2.05, 4.69) is 12.2 Å². The molecule has 1 saturated heterocycles. The Morgan fingerprint density at radius 2 is 2.12 bits per heavy atom. The summed E-state index contributed by atoms with van der Waals surface area (Å²) in [7, 11) is 0. The molecular formula is C11H14N2O2S. The number of nitro benzene ring substituents is 1. The fourth-order valence-electron chi connectivity index (χ4n) is 1.73. The van der Waals surface area contributed by atoms with Crippen molar-refractivity contribution >= 4 is 17.4 Å². The Bertz CT molecular complexity index is 380. The molecule has 1 aromatic rings. The number of nitrogens with zero attached hydrogens (tertiary/aromatic N) is 1. The van der Waals surface area contributed by atoms with Crippen molar-refractivity contribution in [3.05, 3.63) is 39.9 Å². The summed E-state index contributed by atoms with van der Waals surface area (Å²) in [5.74, 6) is 0. The van der Waals surface area contributed by atoms with Crippen LogP contribution in [0.5, 0.6) is 0 Å². The highest BCUT2D eigenvalue weighted by Gasteiger charge is 2.20. The Balaban J connectivity index is 2.11. The third-order valence-corrected chi connectivity index (χ3v) is 4.07. The van der Waals surface area contributed by atoms with Crippen molar-refractivity contribution in [1.29, 1.82) is 0 Å². The van der Waals surface area contributed by atoms with E-state index in [-0.39, 0.29) is 16.0 Å². The molecule has 0 spiro atoms. The molecule has 1 N–H and O–H groups in total. The summed E-state index contributed by atoms with van der Waals surface area (Å²) in [6, 6.07) is 6.80. The maximum absolute atomic E-state index is 10.5. The van der Waals surface area contributed by atoms with Crippen molar-refractivity contribution in [3.8, 4) is 0 Å². The molecule has 0 aromatic heterocycles. The lowest BCUT2D eigenvalue weighted by atomic mass is 10.2. The highest BCUT2D eigenvalue weighted by Crippen LogP contribution is 2.34. The minimum atomic E-state index is -0.367. The van der Waals surface area contributed by atoms with Crippen LogP contribution in [0.2, 0.25) is 0 Å². The van der Waals surface area contributed by atoms with Crippen molar-refractivity contribution in [2.45, 2.75) is 24.0 Å². The molecule has 0 radical (unpaired) electrons. The van der Waals surface area contributed by atoms with Crippen LogP contribution < -0.4 is 5.32 Å². The summed E-state index contributed by atoms with van der Waals surface area (Å²) in [5, 5.41) is 14.8. The highest BCUT2D eigenvalue weighted by molar-refractivity contribution is 8.00. The van der Waals surface area contributed by atoms with Gasteiger partial charge in [0.15, 0.2) is 0 Å². The van der Waals surface area contributed by atoms with Crippen LogP contribution in [0.3, 0.4) is 0 Å². The largest absolute Gasteiger partial charge is 0.302 e. The van der Waals surface area contributed by atoms with Gasteiger partial charge < -0.3 is 5.32 Å². The number of nitrogens with one attached hydrogen (secondary N) is 1. The van der Waals surface area contributed by atoms with Gasteiger partial charge in [-0.25, -0.2) is 0 Å². The zero-order valence-electron chi connectivity index (χ0n) is 9.05. The molecule has 2 unspecified atom stereocenters. The fraction of sp³-hybridized carbons (Fsp3) is 0.455. The molecule has 1 heterocycles. The van der Waals surface area contributed by atoms with Crippen LogP contribution in [0, 0.1) is 10.1 Å². The molecule has 5 heteroatoms. The lowest BCUT2D eigenvalue weighted by Gasteiger charge is -2.27. The van der Waals surface area contributed by atoms with E-state index < -0.39 is 0 Å². The maximum atomic E-state index is 10.5. The SMILES string of the molecule is CC1CCNC(c2ccc([N+](=O)[O-])cc2)S1. The smallest absolute Gasteiger partial charge is 0.269 e. The van der Waals surface area contributed by atoms with Gasteiger partial charge in [0.25, 0.3) is 5.69 Å². The summed E-state index contributed by atoms with van der Waals surface area (Å²) in [6.07, 6.45) is 1.17. The van der Waals surface area contributed by atoms with E-state index in [0.717, 1.165) is 12.1 Å². The van der Waals surface area contributed by atoms with Gasteiger partial charge in [-0.2, -0.15) is 0 Å². The quantitative estimate of drug-likeness (QED) is 0.635. The van der Waals surface area contributed by atoms with Gasteiger partial charge in [-0.3, -0.25) is 10.1 Å². The van der Waals surface area contributed by atoms with Crippen LogP contribution in [0.25, 0.3) is 0 Å². The van der Waals surface area contributed by atoms with E-state index >= 15 is 0 Å². The third-order valence-electron chi connectivity index (χ3n) is 2.66. The van der Waals surface area contributed by atoms with Gasteiger partial charge in [-0.05, 0) is 30.7 Å². The van der Waals surface area contributed by atoms with Crippen LogP contribution in [-0.4, -0.2) is 16.7 Å². The standard InChI is InChI=1S/C11H14N2O2S/c1-8-6-7-12-11(16-8)9-2-4-10(5-3-9)13(14)15/h2-5,8,11-12H,6-7H2,1H3. The van der Waals surface area contributed by atoms with E-state index in [1.165, 1.54) is 6.42 Å². The second-order valence-electron chi connectivity index (χ2n) is 3.92. The van der Waals surface area contributed by atoms with Crippen molar-refractivity contribution in [2.24, 2.45) is 0 Å². The van der Waals surface area contributed by atoms with Crippen LogP contribution in [0.15, 0.2) is 24.3 Å². The zero-order valence-corrected chi connectivity index (χ0v) is 9.87. The van der Waals surface area contributed by atoms with Gasteiger partial charge in [0, 0.05) is 17.4 Å². The molecule has 4 nitrogen and oxygen atoms in total. The van der Waals surface area contributed by atoms with Crippen LogP contribution in [0.1, 0.15) is 24.3 Å². The highest BCUT2D eigenvalue weighted by atomic mass is 32.2. The maximum Gasteiger partial charge on any atom is 0.269 e. The molecule has 1 aliphatic heterocycles. The lowest BCUT2D eigenvalue weighted by molar-refractivity contribution is -0.384. The second kappa shape index (κ2) is 4.84. The second-order valence-corrected chi connectivity index (χ2v) is 5.47. The topological polar surface area (TPSA) is 55.2 Å². The molecule has 0 amide bonds. The molecule has 86 valence electrons. The van der Waals surface area contributed by atoms with Crippen molar-refractivity contribution in [3.63, 3.8) is 0 Å². The van der Waals surface area contributed by atoms with Crippen molar-refractivity contribution in [2.75, 3.05) is 6.54 Å². The first-order valence-electron chi connectivity index (χ1n) is 5.30. The number of rotatable bonds is 2. The molecule has 1 fully saturated rings. The number of hydrogen-bond donors (Lipinski definition) is 1. The zero-order chi connectivity index (χ0) is 11.5. The lowest BCUT2D eigenvalue weighted by Crippen LogP contribution is -2.28. The van der Waals surface area contributed by atoms with Crippen molar-refractivity contribution in [1.82, 2.24) is 5.32 Å². The van der Waals surface area contributed by atoms with E-state index in [0.29, 0.717) is 5.25 Å². The molecule has 0 saturated carbocycles. The average Bonchev–Trinajstić information content (AvgIpc) is 2.29. The summed E-state index contributed by atoms with van der Waals surface area (Å²) in [6.45, 7) is 3.22. The number of non-ortho nitro benzene ring substituents is 1. The summed E-state index contributed by atoms with van der Waals surface area (Å²) >= 11 is 1.87. The Morgan fingerprint density at radius 3 is 2.69 bits per heavy atom. The van der Waals surface area contributed by atoms with Gasteiger partial charge in [0.05, 0.1) is 10.3 Å². The molecular weight excluding hydrogens is 224 g/mol. The minimum absolute atomic E-state index is 0.151. The van der Waals surface area contributed by atoms with Gasteiger partial charge in [-0.15, -0.1) is 11.8 Å². The first-order valence-corrected chi connectivity index (χ1v) is 6.24. The third kappa shape index (κ3) is 2.54. The van der Waals surface area contributed by atoms with Crippen LogP contribution in [-0.2, 0) is 0 Å². The van der Waals surface area contributed by atoms with E-state index in [9.17, 15) is 10.1 Å². The molecule has 0 aliphatic carbocycles. The number of benzene rings is 1. The summed E-state index contributed by atoms with van der Waals surface area (Å²) in [4.78, 5) is 10.2. The molecule has 0 bridgehead atoms. The Morgan fingerprint density at radius 1 is 1.44 bits per heavy atom. The van der Waals surface area contributed by atoms with Crippen LogP contribution >= 0.6 is 11.8 Å². The van der Waals surface area contributed by atoms with E-state index in [1.807, 2.05) is 23.9 Å². The Hall–Kier alpha value is -1.07. The summed E-state index contributed by atoms with van der Waals surface area (Å²) < 4.78 is 0. The van der Waals surface area contributed by atoms with Gasteiger partial charge >= 0.3 is 0 Å². The van der Waals surface area contributed by atoms with Crippen molar-refractivity contribution < 1.29 is 4.92 Å². The van der Waals surface area contributed by atoms with Gasteiger partial charge in [-0.1, -0.05) is 6.92 Å². The predicted octanol–water partition coefficient (Wildman–Crippen LogP) is 2.71. The molecule has 2 atom stereocenters. The Labute approximate surface area is 98.6 Å². The van der Waals surface area contributed by atoms with Gasteiger partial charge in [0.1, 0.15) is 0 Å². The Kier molecular flexibility index (Phi) is 3.46. The van der Waals surface area contributed by atoms with E-state index in [1.54, 1.807) is 12.1 Å². The first-order chi connectivity index (χ1) is 7.66. The first kappa shape index (κ1) is 11.4. The van der Waals surface area contributed by atoms with Crippen LogP contribution in [0.4, 0.5) is 5.69 Å². The van der Waals surface area contributed by atoms with Gasteiger partial charge in [0.2, 0.25) is 0 Å². The summed E-state index contributed by atoms with van der Waals surface area (Å²) in [5.41, 5.74) is 1.26. The molecule has 1 aliphatic rings. The number of nitro groups is 1. The number of thioether (sulfide) groups is 1. The average molecular weight is 238 g/mol. The monoisotopic (exact) mass is 238 g/mol. The van der Waals surface area contributed by atoms with E-state index in [4.69, 9.17) is 0 Å². The minimum Gasteiger partial charge on any atom is -0.302 e. The fourth-order valence-corrected chi connectivity index (χ4v) is 2.98.